The number of hydrogen-bond acceptors (Lipinski definition) is 2. The smallest absolute Gasteiger partial charge is 0.143 e. The van der Waals surface area contributed by atoms with Crippen molar-refractivity contribution in [1.82, 2.24) is 0 Å². The zero-order valence-electron chi connectivity index (χ0n) is 39.3. The molecule has 1 heterocycles. The van der Waals surface area contributed by atoms with E-state index < -0.39 is 18.0 Å². The second-order valence-corrected chi connectivity index (χ2v) is 14.6. The first kappa shape index (κ1) is 26.4. The summed E-state index contributed by atoms with van der Waals surface area (Å²) in [5.41, 5.74) is 6.44. The molecule has 2 atom stereocenters. The minimum absolute atomic E-state index is 0.101. The van der Waals surface area contributed by atoms with Gasteiger partial charge in [-0.2, -0.15) is 0 Å². The van der Waals surface area contributed by atoms with Crippen LogP contribution in [0, 0.1) is 5.92 Å². The average molecular weight is 750 g/mol. The predicted molar refractivity (Wildman–Crippen MR) is 244 cm³/mol. The number of para-hydroxylation sites is 1. The Morgan fingerprint density at radius 1 is 0.483 bits per heavy atom. The van der Waals surface area contributed by atoms with Gasteiger partial charge in [0.1, 0.15) is 11.2 Å². The number of benzene rings is 8. The summed E-state index contributed by atoms with van der Waals surface area (Å²) >= 11 is 0. The number of fused-ring (bicyclic) bond motifs is 6. The summed E-state index contributed by atoms with van der Waals surface area (Å²) in [6.45, 7) is 0. The Hall–Kier alpha value is -7.42. The maximum Gasteiger partial charge on any atom is 0.143 e. The van der Waals surface area contributed by atoms with Gasteiger partial charge in [0.15, 0.2) is 0 Å². The van der Waals surface area contributed by atoms with Crippen LogP contribution in [-0.2, 0) is 0 Å². The third-order valence-electron chi connectivity index (χ3n) is 11.2. The van der Waals surface area contributed by atoms with Gasteiger partial charge in [-0.1, -0.05) is 176 Å². The Kier molecular flexibility index (Phi) is 6.50. The van der Waals surface area contributed by atoms with Gasteiger partial charge in [0.2, 0.25) is 0 Å². The van der Waals surface area contributed by atoms with E-state index in [0.717, 1.165) is 49.4 Å². The molecule has 9 aromatic rings. The molecule has 0 spiro atoms. The monoisotopic (exact) mass is 749 g/mol. The van der Waals surface area contributed by atoms with E-state index in [2.05, 4.69) is 6.07 Å². The number of rotatable bonds is 7. The minimum atomic E-state index is -0.492. The molecule has 0 fully saturated rings. The quantitative estimate of drug-likeness (QED) is 0.161. The molecule has 0 aliphatic heterocycles. The summed E-state index contributed by atoms with van der Waals surface area (Å²) in [4.78, 5) is 1.40. The SMILES string of the molecule is [2H]c1c([2H])c(N(c2ccccc2-c2ccc3oc4c5ccccc5ccc4c3c2)c2c([2H])c([2H])c(C3C=CC=C4C=CC=CC43)c([2H])c2[2H])c([2H])c([2H])c1-c1ccc(-c2ccccc2)cc1. The Labute approximate surface area is 349 Å². The van der Waals surface area contributed by atoms with Crippen molar-refractivity contribution in [2.45, 2.75) is 5.92 Å². The summed E-state index contributed by atoms with van der Waals surface area (Å²) in [6, 6.07) is 39.7. The number of anilines is 3. The highest BCUT2D eigenvalue weighted by atomic mass is 16.3. The first-order chi connectivity index (χ1) is 32.1. The largest absolute Gasteiger partial charge is 0.455 e. The number of hydrogen-bond donors (Lipinski definition) is 0. The molecule has 0 N–H and O–H groups in total. The van der Waals surface area contributed by atoms with Crippen LogP contribution in [0.15, 0.2) is 234 Å². The molecule has 58 heavy (non-hydrogen) atoms. The maximum atomic E-state index is 9.76. The lowest BCUT2D eigenvalue weighted by Gasteiger charge is -2.30. The van der Waals surface area contributed by atoms with E-state index in [0.29, 0.717) is 22.4 Å². The normalized spacial score (nSPS) is 17.8. The molecule has 11 rings (SSSR count). The first-order valence-electron chi connectivity index (χ1n) is 23.4. The molecular formula is C56H39NO. The van der Waals surface area contributed by atoms with Gasteiger partial charge in [-0.15, -0.1) is 0 Å². The van der Waals surface area contributed by atoms with Crippen LogP contribution in [0.5, 0.6) is 0 Å². The molecule has 0 radical (unpaired) electrons. The first-order valence-corrected chi connectivity index (χ1v) is 19.4. The number of furan rings is 1. The highest BCUT2D eigenvalue weighted by Gasteiger charge is 2.25. The van der Waals surface area contributed by atoms with E-state index in [1.54, 1.807) is 24.3 Å². The highest BCUT2D eigenvalue weighted by Crippen LogP contribution is 2.45. The lowest BCUT2D eigenvalue weighted by Crippen LogP contribution is -2.15. The summed E-state index contributed by atoms with van der Waals surface area (Å²) in [5.74, 6) is -0.694. The number of allylic oxidation sites excluding steroid dienone is 8. The molecule has 2 nitrogen and oxygen atoms in total. The molecular weight excluding hydrogens is 703 g/mol. The lowest BCUT2D eigenvalue weighted by molar-refractivity contribution is 0.670. The Balaban J connectivity index is 1.13. The van der Waals surface area contributed by atoms with E-state index in [9.17, 15) is 11.0 Å². The molecule has 0 bridgehead atoms. The van der Waals surface area contributed by atoms with Gasteiger partial charge >= 0.3 is 0 Å². The van der Waals surface area contributed by atoms with Crippen molar-refractivity contribution >= 4 is 49.8 Å². The van der Waals surface area contributed by atoms with Crippen molar-refractivity contribution < 1.29 is 15.4 Å². The fraction of sp³-hybridized carbons (Fsp3) is 0.0357. The van der Waals surface area contributed by atoms with Gasteiger partial charge in [-0.25, -0.2) is 0 Å². The Morgan fingerprint density at radius 3 is 1.98 bits per heavy atom. The highest BCUT2D eigenvalue weighted by molar-refractivity contribution is 6.15. The van der Waals surface area contributed by atoms with Crippen molar-refractivity contribution in [3.63, 3.8) is 0 Å². The van der Waals surface area contributed by atoms with Gasteiger partial charge in [0.25, 0.3) is 0 Å². The van der Waals surface area contributed by atoms with Crippen LogP contribution < -0.4 is 4.90 Å². The van der Waals surface area contributed by atoms with E-state index in [1.165, 1.54) is 4.90 Å². The third kappa shape index (κ3) is 5.98. The van der Waals surface area contributed by atoms with Crippen LogP contribution in [0.2, 0.25) is 0 Å². The fourth-order valence-electron chi connectivity index (χ4n) is 8.30. The van der Waals surface area contributed by atoms with Crippen LogP contribution >= 0.6 is 0 Å². The van der Waals surface area contributed by atoms with Gasteiger partial charge in [-0.05, 0) is 92.8 Å². The zero-order chi connectivity index (χ0) is 45.4. The molecule has 2 heteroatoms. The van der Waals surface area contributed by atoms with Gasteiger partial charge in [-0.3, -0.25) is 0 Å². The lowest BCUT2D eigenvalue weighted by atomic mass is 9.76. The van der Waals surface area contributed by atoms with Crippen molar-refractivity contribution in [3.8, 4) is 33.4 Å². The van der Waals surface area contributed by atoms with Crippen molar-refractivity contribution in [2.24, 2.45) is 5.92 Å². The second kappa shape index (κ2) is 14.3. The fourth-order valence-corrected chi connectivity index (χ4v) is 8.30. The molecule has 0 amide bonds. The van der Waals surface area contributed by atoms with Gasteiger partial charge in [0, 0.05) is 44.9 Å². The average Bonchev–Trinajstić information content (AvgIpc) is 3.74. The zero-order valence-corrected chi connectivity index (χ0v) is 31.3. The minimum Gasteiger partial charge on any atom is -0.455 e. The molecule has 274 valence electrons. The van der Waals surface area contributed by atoms with Gasteiger partial charge < -0.3 is 9.32 Å². The van der Waals surface area contributed by atoms with Crippen LogP contribution in [0.3, 0.4) is 0 Å². The third-order valence-corrected chi connectivity index (χ3v) is 11.2. The Bertz CT molecular complexity index is 3530. The summed E-state index contributed by atoms with van der Waals surface area (Å²) in [5, 5.41) is 3.81. The molecule has 2 aliphatic carbocycles. The van der Waals surface area contributed by atoms with Crippen molar-refractivity contribution in [1.29, 1.82) is 0 Å². The molecule has 8 aromatic carbocycles. The predicted octanol–water partition coefficient (Wildman–Crippen LogP) is 15.5. The molecule has 0 saturated carbocycles. The maximum absolute atomic E-state index is 9.76. The Morgan fingerprint density at radius 2 is 1.16 bits per heavy atom. The van der Waals surface area contributed by atoms with E-state index in [4.69, 9.17) is 4.42 Å². The second-order valence-electron chi connectivity index (χ2n) is 14.6. The molecule has 0 saturated heterocycles. The number of nitrogens with zero attached hydrogens (tertiary/aromatic N) is 1. The summed E-state index contributed by atoms with van der Waals surface area (Å²) < 4.78 is 83.5. The molecule has 1 aromatic heterocycles. The van der Waals surface area contributed by atoms with E-state index >= 15 is 0 Å². The van der Waals surface area contributed by atoms with E-state index in [-0.39, 0.29) is 64.7 Å². The van der Waals surface area contributed by atoms with E-state index in [1.807, 2.05) is 146 Å². The summed E-state index contributed by atoms with van der Waals surface area (Å²) in [6.07, 6.45) is 13.6. The molecule has 2 unspecified atom stereocenters. The summed E-state index contributed by atoms with van der Waals surface area (Å²) in [7, 11) is 0. The topological polar surface area (TPSA) is 16.4 Å². The van der Waals surface area contributed by atoms with Gasteiger partial charge in [0.05, 0.1) is 16.7 Å². The van der Waals surface area contributed by atoms with Crippen molar-refractivity contribution in [3.05, 3.63) is 235 Å². The van der Waals surface area contributed by atoms with Crippen molar-refractivity contribution in [2.75, 3.05) is 4.90 Å². The van der Waals surface area contributed by atoms with Crippen LogP contribution in [0.4, 0.5) is 17.1 Å². The van der Waals surface area contributed by atoms with Crippen LogP contribution in [0.25, 0.3) is 66.1 Å². The van der Waals surface area contributed by atoms with Crippen LogP contribution in [-0.4, -0.2) is 0 Å². The van der Waals surface area contributed by atoms with Crippen LogP contribution in [0.1, 0.15) is 22.4 Å². The standard InChI is InChI=1S/C56H39NO/c1-2-11-38(12-3-1)39-21-23-40(24-22-39)41-25-31-46(32-26-41)57(47-33-27-44(28-34-47)49-19-10-15-42-13-4-6-16-48(42)49)54-20-9-8-17-50(54)45-30-36-55-53(37-45)52-35-29-43-14-5-7-18-51(43)56(52)58-55/h1-37,48-49H/i25D,26D,27D,28D,31D,32D,33D,34D. The molecule has 2 aliphatic rings.